The van der Waals surface area contributed by atoms with Gasteiger partial charge in [-0.05, 0) is 22.0 Å². The summed E-state index contributed by atoms with van der Waals surface area (Å²) in [6, 6.07) is 3.20. The standard InChI is InChI=1S/C10H8BrClN4O/c1-16-4-6(11)2-7(16)10(17)15-9-3-8(12)13-5-14-9/h2-5H,1H3,(H,13,14,15,17). The molecule has 0 aliphatic carbocycles. The number of aromatic nitrogens is 3. The first-order valence-corrected chi connectivity index (χ1v) is 5.84. The van der Waals surface area contributed by atoms with Crippen LogP contribution in [0.4, 0.5) is 5.82 Å². The van der Waals surface area contributed by atoms with Gasteiger partial charge in [0.05, 0.1) is 0 Å². The number of amides is 1. The Hall–Kier alpha value is -1.40. The van der Waals surface area contributed by atoms with Crippen molar-refractivity contribution in [1.82, 2.24) is 14.5 Å². The minimum absolute atomic E-state index is 0.257. The van der Waals surface area contributed by atoms with E-state index in [2.05, 4.69) is 31.2 Å². The van der Waals surface area contributed by atoms with E-state index in [1.54, 1.807) is 23.9 Å². The fraction of sp³-hybridized carbons (Fsp3) is 0.100. The third-order valence-electron chi connectivity index (χ3n) is 2.08. The molecule has 0 aromatic carbocycles. The third kappa shape index (κ3) is 2.83. The molecule has 0 aliphatic heterocycles. The van der Waals surface area contributed by atoms with Gasteiger partial charge in [-0.25, -0.2) is 9.97 Å². The molecule has 2 aromatic rings. The Morgan fingerprint density at radius 1 is 1.47 bits per heavy atom. The highest BCUT2D eigenvalue weighted by Gasteiger charge is 2.11. The molecular weight excluding hydrogens is 307 g/mol. The van der Waals surface area contributed by atoms with E-state index < -0.39 is 0 Å². The van der Waals surface area contributed by atoms with Gasteiger partial charge in [-0.3, -0.25) is 4.79 Å². The zero-order valence-corrected chi connectivity index (χ0v) is 11.2. The fourth-order valence-corrected chi connectivity index (χ4v) is 2.00. The number of hydrogen-bond donors (Lipinski definition) is 1. The van der Waals surface area contributed by atoms with E-state index in [4.69, 9.17) is 11.6 Å². The molecule has 0 bridgehead atoms. The fourth-order valence-electron chi connectivity index (χ4n) is 1.33. The van der Waals surface area contributed by atoms with Crippen LogP contribution >= 0.6 is 27.5 Å². The number of nitrogens with one attached hydrogen (secondary N) is 1. The zero-order chi connectivity index (χ0) is 12.4. The van der Waals surface area contributed by atoms with E-state index in [9.17, 15) is 4.79 Å². The molecule has 7 heteroatoms. The second kappa shape index (κ2) is 4.85. The Morgan fingerprint density at radius 3 is 2.82 bits per heavy atom. The average Bonchev–Trinajstić information content (AvgIpc) is 2.58. The van der Waals surface area contributed by atoms with Crippen molar-refractivity contribution in [2.45, 2.75) is 0 Å². The number of halogens is 2. The summed E-state index contributed by atoms with van der Waals surface area (Å²) in [5.41, 5.74) is 0.520. The summed E-state index contributed by atoms with van der Waals surface area (Å²) in [6.07, 6.45) is 3.08. The lowest BCUT2D eigenvalue weighted by atomic mass is 10.4. The van der Waals surface area contributed by atoms with Crippen LogP contribution in [0.15, 0.2) is 29.1 Å². The van der Waals surface area contributed by atoms with Crippen molar-refractivity contribution in [3.8, 4) is 0 Å². The molecule has 0 radical (unpaired) electrons. The number of carbonyl (C=O) groups is 1. The zero-order valence-electron chi connectivity index (χ0n) is 8.82. The molecule has 1 amide bonds. The average molecular weight is 316 g/mol. The van der Waals surface area contributed by atoms with Crippen LogP contribution in [0.3, 0.4) is 0 Å². The number of anilines is 1. The molecule has 0 spiro atoms. The van der Waals surface area contributed by atoms with Crippen molar-refractivity contribution in [1.29, 1.82) is 0 Å². The molecule has 1 N–H and O–H groups in total. The summed E-state index contributed by atoms with van der Waals surface area (Å²) in [7, 11) is 1.78. The summed E-state index contributed by atoms with van der Waals surface area (Å²) < 4.78 is 2.55. The maximum absolute atomic E-state index is 11.9. The molecule has 88 valence electrons. The summed E-state index contributed by atoms with van der Waals surface area (Å²) in [5, 5.41) is 2.92. The lowest BCUT2D eigenvalue weighted by molar-refractivity contribution is 0.101. The van der Waals surface area contributed by atoms with Gasteiger partial charge in [0.15, 0.2) is 0 Å². The smallest absolute Gasteiger partial charge is 0.273 e. The first-order chi connectivity index (χ1) is 8.06. The van der Waals surface area contributed by atoms with Gasteiger partial charge in [0.25, 0.3) is 5.91 Å². The molecule has 5 nitrogen and oxygen atoms in total. The van der Waals surface area contributed by atoms with Crippen molar-refractivity contribution in [3.63, 3.8) is 0 Å². The third-order valence-corrected chi connectivity index (χ3v) is 2.72. The molecule has 2 heterocycles. The topological polar surface area (TPSA) is 59.8 Å². The van der Waals surface area contributed by atoms with Crippen molar-refractivity contribution in [2.75, 3.05) is 5.32 Å². The first kappa shape index (κ1) is 12.1. The van der Waals surface area contributed by atoms with E-state index in [-0.39, 0.29) is 11.1 Å². The molecule has 0 aliphatic rings. The predicted octanol–water partition coefficient (Wildman–Crippen LogP) is 2.48. The number of hydrogen-bond acceptors (Lipinski definition) is 3. The van der Waals surface area contributed by atoms with Gasteiger partial charge in [0.1, 0.15) is 23.0 Å². The van der Waals surface area contributed by atoms with Crippen LogP contribution in [0.1, 0.15) is 10.5 Å². The SMILES string of the molecule is Cn1cc(Br)cc1C(=O)Nc1cc(Cl)ncn1. The van der Waals surface area contributed by atoms with Crippen LogP contribution < -0.4 is 5.32 Å². The van der Waals surface area contributed by atoms with Crippen LogP contribution in [0.5, 0.6) is 0 Å². The lowest BCUT2D eigenvalue weighted by Gasteiger charge is -2.04. The maximum Gasteiger partial charge on any atom is 0.273 e. The number of nitrogens with zero attached hydrogens (tertiary/aromatic N) is 3. The number of rotatable bonds is 2. The molecule has 17 heavy (non-hydrogen) atoms. The van der Waals surface area contributed by atoms with Gasteiger partial charge in [0.2, 0.25) is 0 Å². The minimum Gasteiger partial charge on any atom is -0.345 e. The molecule has 0 saturated carbocycles. The molecule has 0 atom stereocenters. The quantitative estimate of drug-likeness (QED) is 0.866. The van der Waals surface area contributed by atoms with Crippen LogP contribution in [0.25, 0.3) is 0 Å². The molecule has 0 saturated heterocycles. The minimum atomic E-state index is -0.257. The Balaban J connectivity index is 2.20. The summed E-state index contributed by atoms with van der Waals surface area (Å²) in [5.74, 6) is 0.111. The van der Waals surface area contributed by atoms with Crippen molar-refractivity contribution >= 4 is 39.3 Å². The number of carbonyl (C=O) groups excluding carboxylic acids is 1. The molecule has 0 fully saturated rings. The normalized spacial score (nSPS) is 10.3. The second-order valence-corrected chi connectivity index (χ2v) is 4.64. The van der Waals surface area contributed by atoms with Crippen molar-refractivity contribution in [3.05, 3.63) is 40.0 Å². The molecule has 2 aromatic heterocycles. The molecule has 0 unspecified atom stereocenters. The second-order valence-electron chi connectivity index (χ2n) is 3.33. The monoisotopic (exact) mass is 314 g/mol. The van der Waals surface area contributed by atoms with E-state index in [1.165, 1.54) is 12.4 Å². The Morgan fingerprint density at radius 2 is 2.24 bits per heavy atom. The first-order valence-electron chi connectivity index (χ1n) is 4.67. The molecule has 2 rings (SSSR count). The van der Waals surface area contributed by atoms with Crippen molar-refractivity contribution < 1.29 is 4.79 Å². The van der Waals surface area contributed by atoms with E-state index in [0.717, 1.165) is 4.47 Å². The Labute approximate surface area is 111 Å². The predicted molar refractivity (Wildman–Crippen MR) is 68.1 cm³/mol. The highest BCUT2D eigenvalue weighted by atomic mass is 79.9. The van der Waals surface area contributed by atoms with Crippen LogP contribution in [0.2, 0.25) is 5.15 Å². The van der Waals surface area contributed by atoms with Gasteiger partial charge in [-0.1, -0.05) is 11.6 Å². The summed E-state index contributed by atoms with van der Waals surface area (Å²) in [4.78, 5) is 19.5. The highest BCUT2D eigenvalue weighted by molar-refractivity contribution is 9.10. The van der Waals surface area contributed by atoms with Crippen LogP contribution in [0, 0.1) is 0 Å². The van der Waals surface area contributed by atoms with Gasteiger partial charge in [0, 0.05) is 23.8 Å². The van der Waals surface area contributed by atoms with Crippen LogP contribution in [-0.2, 0) is 7.05 Å². The van der Waals surface area contributed by atoms with Gasteiger partial charge in [-0.2, -0.15) is 0 Å². The van der Waals surface area contributed by atoms with E-state index in [0.29, 0.717) is 11.5 Å². The Kier molecular flexibility index (Phi) is 3.44. The largest absolute Gasteiger partial charge is 0.345 e. The van der Waals surface area contributed by atoms with Gasteiger partial charge < -0.3 is 9.88 Å². The van der Waals surface area contributed by atoms with Gasteiger partial charge in [-0.15, -0.1) is 0 Å². The summed E-state index contributed by atoms with van der Waals surface area (Å²) >= 11 is 9.00. The lowest BCUT2D eigenvalue weighted by Crippen LogP contribution is -2.16. The van der Waals surface area contributed by atoms with E-state index >= 15 is 0 Å². The molecular formula is C10H8BrClN4O. The summed E-state index contributed by atoms with van der Waals surface area (Å²) in [6.45, 7) is 0. The van der Waals surface area contributed by atoms with Gasteiger partial charge >= 0.3 is 0 Å². The maximum atomic E-state index is 11.9. The number of aryl methyl sites for hydroxylation is 1. The van der Waals surface area contributed by atoms with E-state index in [1.807, 2.05) is 0 Å². The van der Waals surface area contributed by atoms with Crippen molar-refractivity contribution in [2.24, 2.45) is 7.05 Å². The van der Waals surface area contributed by atoms with Crippen LogP contribution in [-0.4, -0.2) is 20.4 Å². The highest BCUT2D eigenvalue weighted by Crippen LogP contribution is 2.15. The Bertz CT molecular complexity index is 569.